The second-order valence-electron chi connectivity index (χ2n) is 7.26. The quantitative estimate of drug-likeness (QED) is 0.365. The van der Waals surface area contributed by atoms with Crippen LogP contribution in [-0.4, -0.2) is 30.5 Å². The lowest BCUT2D eigenvalue weighted by Gasteiger charge is -2.44. The Bertz CT molecular complexity index is 731. The first-order valence-electron chi connectivity index (χ1n) is 8.44. The Labute approximate surface area is 153 Å². The molecule has 0 aromatic carbocycles. The predicted molar refractivity (Wildman–Crippen MR) is 105 cm³/mol. The van der Waals surface area contributed by atoms with Gasteiger partial charge in [0.2, 0.25) is 0 Å². The standard InChI is InChI=1S/C18H27BrN2O2Si/c1-11(2)24(12(3)4,13(5)6)21-10-15(18(22)23-7)14-8-9-16(19)20-17(14)21/h8-13H,1-7H3. The lowest BCUT2D eigenvalue weighted by Crippen LogP contribution is -2.51. The van der Waals surface area contributed by atoms with Crippen molar-refractivity contribution in [3.8, 4) is 0 Å². The Kier molecular flexibility index (Phi) is 5.60. The van der Waals surface area contributed by atoms with Crippen molar-refractivity contribution in [2.75, 3.05) is 7.11 Å². The maximum absolute atomic E-state index is 12.3. The Balaban J connectivity index is 2.92. The first-order valence-corrected chi connectivity index (χ1v) is 11.4. The summed E-state index contributed by atoms with van der Waals surface area (Å²) in [4.78, 5) is 17.0. The van der Waals surface area contributed by atoms with Gasteiger partial charge in [-0.25, -0.2) is 9.78 Å². The SMILES string of the molecule is COC(=O)c1cn([Si](C(C)C)(C(C)C)C(C)C)c2nc(Br)ccc12. The van der Waals surface area contributed by atoms with E-state index in [0.29, 0.717) is 22.2 Å². The van der Waals surface area contributed by atoms with Gasteiger partial charge in [-0.1, -0.05) is 41.5 Å². The number of pyridine rings is 1. The number of nitrogens with zero attached hydrogens (tertiary/aromatic N) is 2. The van der Waals surface area contributed by atoms with Crippen molar-refractivity contribution in [3.05, 3.63) is 28.5 Å². The molecule has 0 aliphatic heterocycles. The number of ether oxygens (including phenoxy) is 1. The third-order valence-electron chi connectivity index (χ3n) is 5.21. The van der Waals surface area contributed by atoms with Crippen molar-refractivity contribution >= 4 is 41.2 Å². The van der Waals surface area contributed by atoms with E-state index >= 15 is 0 Å². The summed E-state index contributed by atoms with van der Waals surface area (Å²) in [7, 11) is -0.577. The highest BCUT2D eigenvalue weighted by molar-refractivity contribution is 9.10. The third-order valence-corrected chi connectivity index (χ3v) is 12.4. The van der Waals surface area contributed by atoms with Gasteiger partial charge in [0, 0.05) is 11.6 Å². The van der Waals surface area contributed by atoms with Crippen LogP contribution in [-0.2, 0) is 4.74 Å². The van der Waals surface area contributed by atoms with E-state index in [1.807, 2.05) is 18.3 Å². The largest absolute Gasteiger partial charge is 0.465 e. The fraction of sp³-hybridized carbons (Fsp3) is 0.556. The molecule has 6 heteroatoms. The molecule has 0 aliphatic carbocycles. The van der Waals surface area contributed by atoms with Gasteiger partial charge in [-0.15, -0.1) is 0 Å². The average molecular weight is 411 g/mol. The Morgan fingerprint density at radius 3 is 2.12 bits per heavy atom. The summed E-state index contributed by atoms with van der Waals surface area (Å²) in [5.41, 5.74) is 3.03. The molecule has 0 fully saturated rings. The molecule has 132 valence electrons. The molecule has 0 unspecified atom stereocenters. The van der Waals surface area contributed by atoms with Crippen LogP contribution in [0.4, 0.5) is 0 Å². The monoisotopic (exact) mass is 410 g/mol. The first kappa shape index (κ1) is 19.2. The zero-order valence-corrected chi connectivity index (χ0v) is 18.1. The first-order chi connectivity index (χ1) is 11.2. The minimum atomic E-state index is -2.00. The molecule has 2 rings (SSSR count). The van der Waals surface area contributed by atoms with Gasteiger partial charge in [-0.3, -0.25) is 0 Å². The second-order valence-corrected chi connectivity index (χ2v) is 13.8. The van der Waals surface area contributed by atoms with Crippen LogP contribution >= 0.6 is 15.9 Å². The van der Waals surface area contributed by atoms with Crippen LogP contribution in [0.5, 0.6) is 0 Å². The van der Waals surface area contributed by atoms with E-state index in [2.05, 4.69) is 61.7 Å². The minimum absolute atomic E-state index is 0.304. The van der Waals surface area contributed by atoms with E-state index in [4.69, 9.17) is 9.72 Å². The van der Waals surface area contributed by atoms with Gasteiger partial charge in [-0.05, 0) is 44.7 Å². The topological polar surface area (TPSA) is 44.1 Å². The molecule has 0 bridgehead atoms. The van der Waals surface area contributed by atoms with Crippen LogP contribution in [0.15, 0.2) is 22.9 Å². The van der Waals surface area contributed by atoms with E-state index in [1.54, 1.807) is 0 Å². The molecule has 0 amide bonds. The molecule has 0 saturated heterocycles. The number of halogens is 1. The third kappa shape index (κ3) is 2.84. The summed E-state index contributed by atoms with van der Waals surface area (Å²) in [5, 5.41) is 0.865. The highest BCUT2D eigenvalue weighted by Gasteiger charge is 2.46. The van der Waals surface area contributed by atoms with Gasteiger partial charge in [0.15, 0.2) is 8.24 Å². The summed E-state index contributed by atoms with van der Waals surface area (Å²) >= 11 is 3.48. The summed E-state index contributed by atoms with van der Waals surface area (Å²) in [5.74, 6) is -0.304. The number of hydrogen-bond acceptors (Lipinski definition) is 3. The molecule has 2 aromatic rings. The molecule has 2 aromatic heterocycles. The zero-order chi connectivity index (χ0) is 18.2. The summed E-state index contributed by atoms with van der Waals surface area (Å²) in [6.45, 7) is 13.8. The number of fused-ring (bicyclic) bond motifs is 1. The van der Waals surface area contributed by atoms with Gasteiger partial charge < -0.3 is 8.97 Å². The fourth-order valence-electron chi connectivity index (χ4n) is 4.48. The number of aromatic nitrogens is 2. The highest BCUT2D eigenvalue weighted by Crippen LogP contribution is 2.44. The van der Waals surface area contributed by atoms with E-state index in [9.17, 15) is 4.79 Å². The van der Waals surface area contributed by atoms with Gasteiger partial charge >= 0.3 is 5.97 Å². The molecule has 0 aliphatic rings. The number of carbonyl (C=O) groups is 1. The van der Waals surface area contributed by atoms with Crippen LogP contribution in [0.3, 0.4) is 0 Å². The molecule has 2 heterocycles. The second kappa shape index (κ2) is 7.00. The lowest BCUT2D eigenvalue weighted by atomic mass is 10.2. The molecule has 24 heavy (non-hydrogen) atoms. The van der Waals surface area contributed by atoms with E-state index in [1.165, 1.54) is 7.11 Å². The number of hydrogen-bond donors (Lipinski definition) is 0. The Hall–Kier alpha value is -1.14. The summed E-state index contributed by atoms with van der Waals surface area (Å²) in [6.07, 6.45) is 1.99. The van der Waals surface area contributed by atoms with Crippen molar-refractivity contribution in [2.45, 2.75) is 58.2 Å². The van der Waals surface area contributed by atoms with Gasteiger partial charge in [0.1, 0.15) is 10.3 Å². The smallest absolute Gasteiger partial charge is 0.340 e. The van der Waals surface area contributed by atoms with E-state index in [0.717, 1.165) is 15.6 Å². The fourth-order valence-corrected chi connectivity index (χ4v) is 11.3. The molecular formula is C18H27BrN2O2Si. The lowest BCUT2D eigenvalue weighted by molar-refractivity contribution is 0.0603. The van der Waals surface area contributed by atoms with Crippen LogP contribution in [0.25, 0.3) is 11.0 Å². The average Bonchev–Trinajstić information content (AvgIpc) is 2.85. The van der Waals surface area contributed by atoms with Crippen molar-refractivity contribution < 1.29 is 9.53 Å². The van der Waals surface area contributed by atoms with Crippen molar-refractivity contribution in [3.63, 3.8) is 0 Å². The van der Waals surface area contributed by atoms with Crippen LogP contribution in [0.1, 0.15) is 51.9 Å². The summed E-state index contributed by atoms with van der Waals surface area (Å²) < 4.78 is 8.13. The normalized spacial score (nSPS) is 12.6. The predicted octanol–water partition coefficient (Wildman–Crippen LogP) is 5.61. The molecule has 0 spiro atoms. The van der Waals surface area contributed by atoms with Crippen molar-refractivity contribution in [1.29, 1.82) is 0 Å². The van der Waals surface area contributed by atoms with Crippen LogP contribution in [0.2, 0.25) is 16.6 Å². The van der Waals surface area contributed by atoms with Crippen molar-refractivity contribution in [1.82, 2.24) is 9.22 Å². The number of rotatable bonds is 5. The molecular weight excluding hydrogens is 384 g/mol. The number of esters is 1. The highest BCUT2D eigenvalue weighted by atomic mass is 79.9. The molecule has 0 N–H and O–H groups in total. The maximum Gasteiger partial charge on any atom is 0.340 e. The van der Waals surface area contributed by atoms with Crippen LogP contribution < -0.4 is 0 Å². The Morgan fingerprint density at radius 1 is 1.12 bits per heavy atom. The molecule has 0 saturated carbocycles. The maximum atomic E-state index is 12.3. The zero-order valence-electron chi connectivity index (χ0n) is 15.6. The van der Waals surface area contributed by atoms with Crippen LogP contribution in [0, 0.1) is 0 Å². The number of carbonyl (C=O) groups excluding carboxylic acids is 1. The number of methoxy groups -OCH3 is 1. The molecule has 4 nitrogen and oxygen atoms in total. The van der Waals surface area contributed by atoms with Gasteiger partial charge in [0.25, 0.3) is 0 Å². The summed E-state index contributed by atoms with van der Waals surface area (Å²) in [6, 6.07) is 3.83. The van der Waals surface area contributed by atoms with E-state index in [-0.39, 0.29) is 5.97 Å². The van der Waals surface area contributed by atoms with Gasteiger partial charge in [0.05, 0.1) is 12.7 Å². The van der Waals surface area contributed by atoms with E-state index < -0.39 is 8.24 Å². The Morgan fingerprint density at radius 2 is 1.67 bits per heavy atom. The molecule has 0 radical (unpaired) electrons. The molecule has 0 atom stereocenters. The van der Waals surface area contributed by atoms with Crippen molar-refractivity contribution in [2.24, 2.45) is 0 Å². The minimum Gasteiger partial charge on any atom is -0.465 e. The van der Waals surface area contributed by atoms with Gasteiger partial charge in [-0.2, -0.15) is 0 Å².